The number of hydrogen-bond donors (Lipinski definition) is 2. The van der Waals surface area contributed by atoms with Crippen molar-refractivity contribution in [2.45, 2.75) is 83.5 Å². The van der Waals surface area contributed by atoms with Crippen molar-refractivity contribution in [3.05, 3.63) is 0 Å². The van der Waals surface area contributed by atoms with Gasteiger partial charge in [0.2, 0.25) is 0 Å². The summed E-state index contributed by atoms with van der Waals surface area (Å²) < 4.78 is 0. The molecule has 0 heterocycles. The third kappa shape index (κ3) is 15.9. The van der Waals surface area contributed by atoms with Gasteiger partial charge >= 0.3 is 0 Å². The van der Waals surface area contributed by atoms with Crippen LogP contribution in [0.2, 0.25) is 0 Å². The molecular formula is C16H35NO. The minimum Gasteiger partial charge on any atom is -0.396 e. The minimum atomic E-state index is 0.369. The smallest absolute Gasteiger partial charge is 0.0431 e. The quantitative estimate of drug-likeness (QED) is 0.429. The maximum atomic E-state index is 8.65. The summed E-state index contributed by atoms with van der Waals surface area (Å²) in [6, 6.07) is 0. The van der Waals surface area contributed by atoms with Gasteiger partial charge in [-0.3, -0.25) is 0 Å². The van der Waals surface area contributed by atoms with Gasteiger partial charge in [-0.25, -0.2) is 0 Å². The lowest BCUT2D eigenvalue weighted by Gasteiger charge is -2.03. The van der Waals surface area contributed by atoms with Gasteiger partial charge in [-0.15, -0.1) is 0 Å². The molecule has 0 aromatic heterocycles. The largest absolute Gasteiger partial charge is 0.396 e. The highest BCUT2D eigenvalue weighted by molar-refractivity contribution is 4.49. The molecule has 0 fully saturated rings. The molecule has 18 heavy (non-hydrogen) atoms. The van der Waals surface area contributed by atoms with Crippen LogP contribution in [0.3, 0.4) is 0 Å². The topological polar surface area (TPSA) is 32.3 Å². The summed E-state index contributed by atoms with van der Waals surface area (Å²) >= 11 is 0. The van der Waals surface area contributed by atoms with E-state index >= 15 is 0 Å². The van der Waals surface area contributed by atoms with Crippen molar-refractivity contribution in [3.8, 4) is 0 Å². The summed E-state index contributed by atoms with van der Waals surface area (Å²) in [5.41, 5.74) is 0. The predicted octanol–water partition coefficient (Wildman–Crippen LogP) is 4.27. The van der Waals surface area contributed by atoms with Crippen LogP contribution in [0, 0.1) is 0 Å². The van der Waals surface area contributed by atoms with E-state index in [1.807, 2.05) is 7.05 Å². The Morgan fingerprint density at radius 1 is 0.556 bits per heavy atom. The molecule has 0 aliphatic carbocycles. The molecule has 2 nitrogen and oxygen atoms in total. The first-order valence-corrected chi connectivity index (χ1v) is 8.17. The Balaban J connectivity index is 2.86. The van der Waals surface area contributed by atoms with Gasteiger partial charge in [0, 0.05) is 6.61 Å². The number of hydrogen-bond acceptors (Lipinski definition) is 2. The molecule has 0 spiro atoms. The highest BCUT2D eigenvalue weighted by atomic mass is 16.2. The number of unbranched alkanes of at least 4 members (excludes halogenated alkanes) is 12. The summed E-state index contributed by atoms with van der Waals surface area (Å²) in [5, 5.41) is 11.9. The average molecular weight is 257 g/mol. The Morgan fingerprint density at radius 2 is 0.889 bits per heavy atom. The van der Waals surface area contributed by atoms with Crippen LogP contribution >= 0.6 is 0 Å². The molecule has 0 atom stereocenters. The van der Waals surface area contributed by atoms with Crippen molar-refractivity contribution in [2.75, 3.05) is 20.2 Å². The molecule has 0 aliphatic rings. The second-order valence-corrected chi connectivity index (χ2v) is 5.42. The lowest BCUT2D eigenvalue weighted by atomic mass is 10.0. The van der Waals surface area contributed by atoms with Crippen molar-refractivity contribution >= 4 is 0 Å². The van der Waals surface area contributed by atoms with E-state index in [0.717, 1.165) is 6.42 Å². The zero-order chi connectivity index (χ0) is 13.3. The lowest BCUT2D eigenvalue weighted by molar-refractivity contribution is 0.282. The molecule has 2 heteroatoms. The summed E-state index contributed by atoms with van der Waals surface area (Å²) in [4.78, 5) is 0. The molecule has 0 bridgehead atoms. The van der Waals surface area contributed by atoms with Crippen molar-refractivity contribution in [3.63, 3.8) is 0 Å². The van der Waals surface area contributed by atoms with E-state index in [4.69, 9.17) is 5.11 Å². The zero-order valence-electron chi connectivity index (χ0n) is 12.6. The van der Waals surface area contributed by atoms with Crippen molar-refractivity contribution in [1.29, 1.82) is 0 Å². The van der Waals surface area contributed by atoms with Crippen molar-refractivity contribution in [2.24, 2.45) is 0 Å². The first-order valence-electron chi connectivity index (χ1n) is 8.17. The molecule has 0 saturated heterocycles. The maximum Gasteiger partial charge on any atom is 0.0431 e. The van der Waals surface area contributed by atoms with Crippen LogP contribution in [-0.2, 0) is 0 Å². The van der Waals surface area contributed by atoms with Gasteiger partial charge in [-0.1, -0.05) is 70.6 Å². The van der Waals surface area contributed by atoms with Gasteiger partial charge in [0.15, 0.2) is 0 Å². The highest BCUT2D eigenvalue weighted by Gasteiger charge is 1.93. The van der Waals surface area contributed by atoms with E-state index in [0.29, 0.717) is 6.61 Å². The Morgan fingerprint density at radius 3 is 1.22 bits per heavy atom. The molecule has 110 valence electrons. The molecule has 0 unspecified atom stereocenters. The third-order valence-electron chi connectivity index (χ3n) is 3.58. The van der Waals surface area contributed by atoms with E-state index in [1.165, 1.54) is 83.6 Å². The van der Waals surface area contributed by atoms with E-state index in [9.17, 15) is 0 Å². The Hall–Kier alpha value is -0.0800. The lowest BCUT2D eigenvalue weighted by Crippen LogP contribution is -2.06. The van der Waals surface area contributed by atoms with Gasteiger partial charge in [0.1, 0.15) is 0 Å². The molecule has 0 rings (SSSR count). The Bertz CT molecular complexity index is 123. The number of nitrogens with one attached hydrogen (secondary N) is 1. The fraction of sp³-hybridized carbons (Fsp3) is 1.00. The summed E-state index contributed by atoms with van der Waals surface area (Å²) in [5.74, 6) is 0. The maximum absolute atomic E-state index is 8.65. The first kappa shape index (κ1) is 17.9. The normalized spacial score (nSPS) is 11.0. The van der Waals surface area contributed by atoms with Crippen molar-refractivity contribution in [1.82, 2.24) is 5.32 Å². The van der Waals surface area contributed by atoms with Crippen LogP contribution in [0.15, 0.2) is 0 Å². The fourth-order valence-corrected chi connectivity index (χ4v) is 2.36. The average Bonchev–Trinajstić information content (AvgIpc) is 2.39. The fourth-order valence-electron chi connectivity index (χ4n) is 2.36. The number of aliphatic hydroxyl groups excluding tert-OH is 1. The SMILES string of the molecule is CNCCCCCCCCCCCCCCCO. The van der Waals surface area contributed by atoms with Crippen LogP contribution in [0.25, 0.3) is 0 Å². The second kappa shape index (κ2) is 16.9. The number of rotatable bonds is 15. The van der Waals surface area contributed by atoms with E-state index in [-0.39, 0.29) is 0 Å². The predicted molar refractivity (Wildman–Crippen MR) is 81.0 cm³/mol. The Labute approximate surface area is 115 Å². The molecule has 2 N–H and O–H groups in total. The van der Waals surface area contributed by atoms with E-state index < -0.39 is 0 Å². The first-order chi connectivity index (χ1) is 8.91. The van der Waals surface area contributed by atoms with Gasteiger partial charge in [-0.05, 0) is 26.4 Å². The molecular weight excluding hydrogens is 222 g/mol. The Kier molecular flexibility index (Phi) is 16.8. The molecule has 0 aliphatic heterocycles. The van der Waals surface area contributed by atoms with Gasteiger partial charge in [0.25, 0.3) is 0 Å². The van der Waals surface area contributed by atoms with Crippen LogP contribution in [0.4, 0.5) is 0 Å². The molecule has 0 radical (unpaired) electrons. The van der Waals surface area contributed by atoms with E-state index in [2.05, 4.69) is 5.32 Å². The van der Waals surface area contributed by atoms with Crippen LogP contribution in [0.1, 0.15) is 83.5 Å². The summed E-state index contributed by atoms with van der Waals surface area (Å²) in [6.45, 7) is 1.55. The summed E-state index contributed by atoms with van der Waals surface area (Å²) in [7, 11) is 2.03. The van der Waals surface area contributed by atoms with Gasteiger partial charge in [-0.2, -0.15) is 0 Å². The molecule has 0 aromatic carbocycles. The van der Waals surface area contributed by atoms with E-state index in [1.54, 1.807) is 0 Å². The third-order valence-corrected chi connectivity index (χ3v) is 3.58. The number of aliphatic hydroxyl groups is 1. The minimum absolute atomic E-state index is 0.369. The van der Waals surface area contributed by atoms with Crippen LogP contribution in [-0.4, -0.2) is 25.3 Å². The molecule has 0 amide bonds. The van der Waals surface area contributed by atoms with Crippen LogP contribution in [0.5, 0.6) is 0 Å². The molecule has 0 aromatic rings. The molecule has 0 saturated carbocycles. The second-order valence-electron chi connectivity index (χ2n) is 5.42. The van der Waals surface area contributed by atoms with Gasteiger partial charge < -0.3 is 10.4 Å². The summed E-state index contributed by atoms with van der Waals surface area (Å²) in [6.07, 6.45) is 17.6. The standard InChI is InChI=1S/C16H35NO/c1-17-15-13-11-9-7-5-3-2-4-6-8-10-12-14-16-18/h17-18H,2-16H2,1H3. The van der Waals surface area contributed by atoms with Crippen LogP contribution < -0.4 is 5.32 Å². The van der Waals surface area contributed by atoms with Crippen molar-refractivity contribution < 1.29 is 5.11 Å². The van der Waals surface area contributed by atoms with Gasteiger partial charge in [0.05, 0.1) is 0 Å². The highest BCUT2D eigenvalue weighted by Crippen LogP contribution is 2.12. The zero-order valence-corrected chi connectivity index (χ0v) is 12.6. The monoisotopic (exact) mass is 257 g/mol.